The van der Waals surface area contributed by atoms with Crippen LogP contribution in [0.3, 0.4) is 0 Å². The second-order valence-electron chi connectivity index (χ2n) is 6.10. The van der Waals surface area contributed by atoms with Crippen LogP contribution in [-0.4, -0.2) is 55.5 Å². The van der Waals surface area contributed by atoms with Gasteiger partial charge < -0.3 is 4.90 Å². The molecule has 1 amide bonds. The molecule has 0 aliphatic carbocycles. The molecule has 0 saturated carbocycles. The van der Waals surface area contributed by atoms with Gasteiger partial charge in [0.25, 0.3) is 0 Å². The summed E-state index contributed by atoms with van der Waals surface area (Å²) in [6.45, 7) is 0.986. The Morgan fingerprint density at radius 2 is 1.64 bits per heavy atom. The van der Waals surface area contributed by atoms with Crippen LogP contribution in [0.1, 0.15) is 0 Å². The minimum absolute atomic E-state index is 0.0739. The minimum Gasteiger partial charge on any atom is -0.339 e. The lowest BCUT2D eigenvalue weighted by Crippen LogP contribution is -2.50. The molecule has 1 saturated heterocycles. The number of carbonyl (C=O) groups excluding carboxylic acids is 1. The molecule has 0 aromatic heterocycles. The van der Waals surface area contributed by atoms with Crippen LogP contribution in [0.15, 0.2) is 56.7 Å². The summed E-state index contributed by atoms with van der Waals surface area (Å²) < 4.78 is 53.7. The number of amides is 1. The molecule has 1 aliphatic rings. The highest BCUT2D eigenvalue weighted by Gasteiger charge is 2.30. The molecule has 5 nitrogen and oxygen atoms in total. The lowest BCUT2D eigenvalue weighted by atomic mass is 10.3. The Labute approximate surface area is 174 Å². The van der Waals surface area contributed by atoms with Crippen molar-refractivity contribution in [3.8, 4) is 0 Å². The summed E-state index contributed by atoms with van der Waals surface area (Å²) in [7, 11) is -3.60. The number of halogens is 3. The Morgan fingerprint density at radius 1 is 1.00 bits per heavy atom. The number of thioether (sulfide) groups is 1. The van der Waals surface area contributed by atoms with Gasteiger partial charge in [-0.05, 0) is 42.5 Å². The Bertz CT molecular complexity index is 963. The predicted molar refractivity (Wildman–Crippen MR) is 107 cm³/mol. The Kier molecular flexibility index (Phi) is 6.74. The molecular formula is C18H17BrF2N2O3S2. The van der Waals surface area contributed by atoms with Gasteiger partial charge in [0.1, 0.15) is 0 Å². The van der Waals surface area contributed by atoms with Crippen molar-refractivity contribution in [2.24, 2.45) is 0 Å². The van der Waals surface area contributed by atoms with E-state index in [1.807, 2.05) is 0 Å². The highest BCUT2D eigenvalue weighted by Crippen LogP contribution is 2.23. The van der Waals surface area contributed by atoms with Gasteiger partial charge in [0.2, 0.25) is 15.9 Å². The number of hydrogen-bond donors (Lipinski definition) is 0. The lowest BCUT2D eigenvalue weighted by molar-refractivity contribution is -0.129. The lowest BCUT2D eigenvalue weighted by Gasteiger charge is -2.34. The van der Waals surface area contributed by atoms with Crippen molar-refractivity contribution in [1.82, 2.24) is 9.21 Å². The first-order valence-electron chi connectivity index (χ1n) is 8.39. The first-order valence-corrected chi connectivity index (χ1v) is 11.6. The first kappa shape index (κ1) is 21.2. The molecule has 0 spiro atoms. The van der Waals surface area contributed by atoms with Gasteiger partial charge >= 0.3 is 0 Å². The van der Waals surface area contributed by atoms with Crippen molar-refractivity contribution < 1.29 is 22.0 Å². The summed E-state index contributed by atoms with van der Waals surface area (Å²) >= 11 is 4.39. The van der Waals surface area contributed by atoms with Gasteiger partial charge in [-0.1, -0.05) is 15.9 Å². The van der Waals surface area contributed by atoms with E-state index in [0.29, 0.717) is 4.90 Å². The topological polar surface area (TPSA) is 57.7 Å². The summed E-state index contributed by atoms with van der Waals surface area (Å²) in [6, 6.07) is 9.90. The van der Waals surface area contributed by atoms with E-state index in [1.54, 1.807) is 17.0 Å². The van der Waals surface area contributed by atoms with E-state index in [0.717, 1.165) is 28.4 Å². The maximum atomic E-state index is 13.2. The van der Waals surface area contributed by atoms with Crippen molar-refractivity contribution in [3.63, 3.8) is 0 Å². The molecule has 1 aliphatic heterocycles. The average molecular weight is 491 g/mol. The number of carbonyl (C=O) groups is 1. The smallest absolute Gasteiger partial charge is 0.243 e. The van der Waals surface area contributed by atoms with E-state index >= 15 is 0 Å². The Morgan fingerprint density at radius 3 is 2.25 bits per heavy atom. The number of benzene rings is 2. The summed E-state index contributed by atoms with van der Waals surface area (Å²) in [4.78, 5) is 14.6. The zero-order valence-electron chi connectivity index (χ0n) is 14.6. The van der Waals surface area contributed by atoms with E-state index in [9.17, 15) is 22.0 Å². The van der Waals surface area contributed by atoms with E-state index in [2.05, 4.69) is 15.9 Å². The highest BCUT2D eigenvalue weighted by molar-refractivity contribution is 9.10. The van der Waals surface area contributed by atoms with Crippen molar-refractivity contribution in [1.29, 1.82) is 0 Å². The third-order valence-electron chi connectivity index (χ3n) is 4.30. The molecule has 0 radical (unpaired) electrons. The fourth-order valence-corrected chi connectivity index (χ4v) is 5.25. The van der Waals surface area contributed by atoms with Crippen LogP contribution in [-0.2, 0) is 14.8 Å². The Balaban J connectivity index is 1.55. The largest absolute Gasteiger partial charge is 0.339 e. The molecule has 2 aromatic carbocycles. The molecule has 28 heavy (non-hydrogen) atoms. The van der Waals surface area contributed by atoms with Gasteiger partial charge in [0, 0.05) is 35.5 Å². The molecule has 0 unspecified atom stereocenters. The second kappa shape index (κ2) is 8.89. The molecule has 10 heteroatoms. The summed E-state index contributed by atoms with van der Waals surface area (Å²) in [5.41, 5.74) is 0. The van der Waals surface area contributed by atoms with Crippen molar-refractivity contribution in [2.45, 2.75) is 9.79 Å². The number of hydrogen-bond acceptors (Lipinski definition) is 4. The van der Waals surface area contributed by atoms with Crippen LogP contribution >= 0.6 is 27.7 Å². The average Bonchev–Trinajstić information content (AvgIpc) is 2.69. The molecule has 1 heterocycles. The van der Waals surface area contributed by atoms with Gasteiger partial charge in [-0.15, -0.1) is 11.8 Å². The van der Waals surface area contributed by atoms with Crippen molar-refractivity contribution >= 4 is 43.6 Å². The molecule has 0 N–H and O–H groups in total. The summed E-state index contributed by atoms with van der Waals surface area (Å²) in [5, 5.41) is 0. The van der Waals surface area contributed by atoms with E-state index < -0.39 is 21.7 Å². The fraction of sp³-hybridized carbons (Fsp3) is 0.278. The normalized spacial score (nSPS) is 15.6. The van der Waals surface area contributed by atoms with Crippen LogP contribution in [0.5, 0.6) is 0 Å². The molecule has 0 atom stereocenters. The first-order chi connectivity index (χ1) is 13.3. The third-order valence-corrected chi connectivity index (χ3v) is 7.72. The SMILES string of the molecule is O=C(CSc1ccc(F)c(F)c1)N1CCN(S(=O)(=O)c2ccc(Br)cc2)CC1. The van der Waals surface area contributed by atoms with Crippen LogP contribution < -0.4 is 0 Å². The molecule has 1 fully saturated rings. The molecule has 3 rings (SSSR count). The van der Waals surface area contributed by atoms with Gasteiger partial charge in [0.15, 0.2) is 11.6 Å². The molecule has 0 bridgehead atoms. The van der Waals surface area contributed by atoms with Crippen molar-refractivity contribution in [3.05, 3.63) is 58.6 Å². The van der Waals surface area contributed by atoms with E-state index in [-0.39, 0.29) is 42.7 Å². The van der Waals surface area contributed by atoms with Crippen LogP contribution in [0.2, 0.25) is 0 Å². The zero-order chi connectivity index (χ0) is 20.3. The zero-order valence-corrected chi connectivity index (χ0v) is 17.9. The molecular weight excluding hydrogens is 474 g/mol. The Hall–Kier alpha value is -1.49. The highest BCUT2D eigenvalue weighted by atomic mass is 79.9. The van der Waals surface area contributed by atoms with E-state index in [1.165, 1.54) is 22.5 Å². The number of rotatable bonds is 5. The number of sulfonamides is 1. The predicted octanol–water partition coefficient (Wildman–Crippen LogP) is 3.35. The number of piperazine rings is 1. The molecule has 2 aromatic rings. The summed E-state index contributed by atoms with van der Waals surface area (Å²) in [6.07, 6.45) is 0. The fourth-order valence-electron chi connectivity index (χ4n) is 2.74. The monoisotopic (exact) mass is 490 g/mol. The van der Waals surface area contributed by atoms with Crippen LogP contribution in [0, 0.1) is 11.6 Å². The van der Waals surface area contributed by atoms with Gasteiger partial charge in [0.05, 0.1) is 10.6 Å². The third kappa shape index (κ3) is 4.91. The quantitative estimate of drug-likeness (QED) is 0.603. The van der Waals surface area contributed by atoms with Gasteiger partial charge in [-0.3, -0.25) is 4.79 Å². The van der Waals surface area contributed by atoms with Gasteiger partial charge in [-0.25, -0.2) is 17.2 Å². The standard InChI is InChI=1S/C18H17BrF2N2O3S2/c19-13-1-4-15(5-2-13)28(25,26)23-9-7-22(8-10-23)18(24)12-27-14-3-6-16(20)17(21)11-14/h1-6,11H,7-10,12H2. The molecule has 150 valence electrons. The summed E-state index contributed by atoms with van der Waals surface area (Å²) in [5.74, 6) is -1.98. The van der Waals surface area contributed by atoms with Crippen molar-refractivity contribution in [2.75, 3.05) is 31.9 Å². The second-order valence-corrected chi connectivity index (χ2v) is 10.0. The number of nitrogens with zero attached hydrogens (tertiary/aromatic N) is 2. The minimum atomic E-state index is -3.60. The van der Waals surface area contributed by atoms with Crippen LogP contribution in [0.4, 0.5) is 8.78 Å². The van der Waals surface area contributed by atoms with E-state index in [4.69, 9.17) is 0 Å². The van der Waals surface area contributed by atoms with Crippen LogP contribution in [0.25, 0.3) is 0 Å². The van der Waals surface area contributed by atoms with Gasteiger partial charge in [-0.2, -0.15) is 4.31 Å². The maximum Gasteiger partial charge on any atom is 0.243 e. The maximum absolute atomic E-state index is 13.2.